The van der Waals surface area contributed by atoms with E-state index in [2.05, 4.69) is 22.3 Å². The monoisotopic (exact) mass is 294 g/mol. The lowest BCUT2D eigenvalue weighted by atomic mass is 9.76. The highest BCUT2D eigenvalue weighted by Gasteiger charge is 2.30. The summed E-state index contributed by atoms with van der Waals surface area (Å²) in [5, 5.41) is 4.58. The van der Waals surface area contributed by atoms with Gasteiger partial charge in [-0.1, -0.05) is 29.8 Å². The van der Waals surface area contributed by atoms with Gasteiger partial charge in [-0.3, -0.25) is 4.90 Å². The normalized spacial score (nSPS) is 27.2. The second kappa shape index (κ2) is 6.90. The predicted molar refractivity (Wildman–Crippen MR) is 82.5 cm³/mol. The van der Waals surface area contributed by atoms with Crippen LogP contribution >= 0.6 is 11.6 Å². The first-order chi connectivity index (χ1) is 9.83. The molecule has 2 aliphatic rings. The molecule has 1 heterocycles. The zero-order valence-corrected chi connectivity index (χ0v) is 12.6. The van der Waals surface area contributed by atoms with Gasteiger partial charge < -0.3 is 10.1 Å². The minimum absolute atomic E-state index is 0.643. The molecule has 0 amide bonds. The number of ether oxygens (including phenoxy) is 1. The van der Waals surface area contributed by atoms with Crippen LogP contribution in [-0.2, 0) is 4.74 Å². The van der Waals surface area contributed by atoms with Gasteiger partial charge in [-0.2, -0.15) is 0 Å². The van der Waals surface area contributed by atoms with Gasteiger partial charge in [-0.25, -0.2) is 0 Å². The van der Waals surface area contributed by atoms with Crippen LogP contribution in [0.15, 0.2) is 24.3 Å². The lowest BCUT2D eigenvalue weighted by Gasteiger charge is -2.37. The van der Waals surface area contributed by atoms with E-state index in [0.717, 1.165) is 44.4 Å². The highest BCUT2D eigenvalue weighted by molar-refractivity contribution is 6.31. The number of nitrogens with one attached hydrogen (secondary N) is 1. The molecule has 0 unspecified atom stereocenters. The van der Waals surface area contributed by atoms with Crippen LogP contribution in [0.25, 0.3) is 0 Å². The number of morpholine rings is 1. The molecule has 1 saturated heterocycles. The maximum absolute atomic E-state index is 6.25. The van der Waals surface area contributed by atoms with Crippen LogP contribution in [0, 0.1) is 0 Å². The van der Waals surface area contributed by atoms with Gasteiger partial charge in [0.15, 0.2) is 0 Å². The van der Waals surface area contributed by atoms with Crippen molar-refractivity contribution in [3.63, 3.8) is 0 Å². The van der Waals surface area contributed by atoms with E-state index < -0.39 is 0 Å². The van der Waals surface area contributed by atoms with Crippen LogP contribution in [0.5, 0.6) is 0 Å². The van der Waals surface area contributed by atoms with Crippen molar-refractivity contribution >= 4 is 11.6 Å². The molecule has 0 radical (unpaired) electrons. The number of rotatable bonds is 5. The van der Waals surface area contributed by atoms with E-state index in [-0.39, 0.29) is 0 Å². The first-order valence-corrected chi connectivity index (χ1v) is 7.98. The Hall–Kier alpha value is -0.610. The van der Waals surface area contributed by atoms with Crippen molar-refractivity contribution in [3.8, 4) is 0 Å². The van der Waals surface area contributed by atoms with Crippen LogP contribution in [0.3, 0.4) is 0 Å². The molecule has 1 N–H and O–H groups in total. The third-order valence-electron chi connectivity index (χ3n) is 4.45. The largest absolute Gasteiger partial charge is 0.379 e. The first kappa shape index (κ1) is 14.3. The molecular formula is C16H23ClN2O. The van der Waals surface area contributed by atoms with Crippen LogP contribution in [0.2, 0.25) is 5.02 Å². The fourth-order valence-corrected chi connectivity index (χ4v) is 3.39. The Balaban J connectivity index is 1.35. The molecule has 1 aliphatic heterocycles. The summed E-state index contributed by atoms with van der Waals surface area (Å²) in [6.45, 7) is 6.15. The van der Waals surface area contributed by atoms with Gasteiger partial charge in [-0.05, 0) is 30.4 Å². The SMILES string of the molecule is Clc1ccccc1C1CC(NCCN2CCOCC2)C1. The van der Waals surface area contributed by atoms with Crippen molar-refractivity contribution < 1.29 is 4.74 Å². The molecule has 110 valence electrons. The Bertz CT molecular complexity index is 428. The van der Waals surface area contributed by atoms with Crippen LogP contribution in [0.4, 0.5) is 0 Å². The molecule has 3 rings (SSSR count). The molecule has 4 heteroatoms. The van der Waals surface area contributed by atoms with Crippen LogP contribution in [0.1, 0.15) is 24.3 Å². The Morgan fingerprint density at radius 3 is 2.70 bits per heavy atom. The number of hydrogen-bond donors (Lipinski definition) is 1. The quantitative estimate of drug-likeness (QED) is 0.903. The standard InChI is InChI=1S/C16H23ClN2O/c17-16-4-2-1-3-15(16)13-11-14(12-13)18-5-6-19-7-9-20-10-8-19/h1-4,13-14,18H,5-12H2. The Kier molecular flexibility index (Phi) is 4.94. The van der Waals surface area contributed by atoms with Gasteiger partial charge >= 0.3 is 0 Å². The van der Waals surface area contributed by atoms with Crippen molar-refractivity contribution in [1.29, 1.82) is 0 Å². The summed E-state index contributed by atoms with van der Waals surface area (Å²) in [4.78, 5) is 2.47. The summed E-state index contributed by atoms with van der Waals surface area (Å²) in [6, 6.07) is 8.91. The lowest BCUT2D eigenvalue weighted by molar-refractivity contribution is 0.0376. The fraction of sp³-hybridized carbons (Fsp3) is 0.625. The minimum atomic E-state index is 0.643. The van der Waals surface area contributed by atoms with Gasteiger partial charge in [0.05, 0.1) is 13.2 Å². The molecule has 2 fully saturated rings. The van der Waals surface area contributed by atoms with Crippen molar-refractivity contribution in [2.24, 2.45) is 0 Å². The van der Waals surface area contributed by atoms with Gasteiger partial charge in [0.25, 0.3) is 0 Å². The maximum Gasteiger partial charge on any atom is 0.0594 e. The van der Waals surface area contributed by atoms with Crippen LogP contribution in [-0.4, -0.2) is 50.3 Å². The highest BCUT2D eigenvalue weighted by atomic mass is 35.5. The molecule has 1 aromatic carbocycles. The number of hydrogen-bond acceptors (Lipinski definition) is 3. The molecule has 1 aliphatic carbocycles. The summed E-state index contributed by atoms with van der Waals surface area (Å²) in [5.41, 5.74) is 1.32. The first-order valence-electron chi connectivity index (χ1n) is 7.61. The van der Waals surface area contributed by atoms with Gasteiger partial charge in [0.1, 0.15) is 0 Å². The molecule has 0 bridgehead atoms. The number of benzene rings is 1. The van der Waals surface area contributed by atoms with Crippen molar-refractivity contribution in [3.05, 3.63) is 34.9 Å². The van der Waals surface area contributed by atoms with Gasteiger partial charge in [0.2, 0.25) is 0 Å². The lowest BCUT2D eigenvalue weighted by Crippen LogP contribution is -2.45. The van der Waals surface area contributed by atoms with Crippen molar-refractivity contribution in [2.75, 3.05) is 39.4 Å². The van der Waals surface area contributed by atoms with E-state index in [1.54, 1.807) is 0 Å². The molecule has 3 nitrogen and oxygen atoms in total. The van der Waals surface area contributed by atoms with E-state index in [0.29, 0.717) is 12.0 Å². The Morgan fingerprint density at radius 2 is 1.95 bits per heavy atom. The van der Waals surface area contributed by atoms with E-state index in [1.807, 2.05) is 12.1 Å². The molecule has 1 aromatic rings. The summed E-state index contributed by atoms with van der Waals surface area (Å²) in [5.74, 6) is 0.643. The minimum Gasteiger partial charge on any atom is -0.379 e. The second-order valence-corrected chi connectivity index (χ2v) is 6.20. The molecule has 1 saturated carbocycles. The summed E-state index contributed by atoms with van der Waals surface area (Å²) >= 11 is 6.25. The molecule has 0 aromatic heterocycles. The molecule has 0 atom stereocenters. The van der Waals surface area contributed by atoms with Crippen LogP contribution < -0.4 is 5.32 Å². The van der Waals surface area contributed by atoms with E-state index in [1.165, 1.54) is 18.4 Å². The van der Waals surface area contributed by atoms with E-state index in [9.17, 15) is 0 Å². The summed E-state index contributed by atoms with van der Waals surface area (Å²) in [6.07, 6.45) is 2.43. The van der Waals surface area contributed by atoms with Crippen molar-refractivity contribution in [2.45, 2.75) is 24.8 Å². The third kappa shape index (κ3) is 3.53. The second-order valence-electron chi connectivity index (χ2n) is 5.79. The number of halogens is 1. The molecule has 0 spiro atoms. The summed E-state index contributed by atoms with van der Waals surface area (Å²) in [7, 11) is 0. The maximum atomic E-state index is 6.25. The molecule has 20 heavy (non-hydrogen) atoms. The Morgan fingerprint density at radius 1 is 1.20 bits per heavy atom. The number of nitrogens with zero attached hydrogens (tertiary/aromatic N) is 1. The molecular weight excluding hydrogens is 272 g/mol. The predicted octanol–water partition coefficient (Wildman–Crippen LogP) is 2.51. The zero-order valence-electron chi connectivity index (χ0n) is 11.9. The van der Waals surface area contributed by atoms with Gasteiger partial charge in [-0.15, -0.1) is 0 Å². The van der Waals surface area contributed by atoms with E-state index in [4.69, 9.17) is 16.3 Å². The zero-order chi connectivity index (χ0) is 13.8. The summed E-state index contributed by atoms with van der Waals surface area (Å²) < 4.78 is 5.36. The highest BCUT2D eigenvalue weighted by Crippen LogP contribution is 2.39. The third-order valence-corrected chi connectivity index (χ3v) is 4.79. The topological polar surface area (TPSA) is 24.5 Å². The van der Waals surface area contributed by atoms with Gasteiger partial charge in [0, 0.05) is 37.2 Å². The fourth-order valence-electron chi connectivity index (χ4n) is 3.10. The smallest absolute Gasteiger partial charge is 0.0594 e. The average molecular weight is 295 g/mol. The average Bonchev–Trinajstić information content (AvgIpc) is 2.44. The van der Waals surface area contributed by atoms with E-state index >= 15 is 0 Å². The Labute approximate surface area is 126 Å². The van der Waals surface area contributed by atoms with Crippen molar-refractivity contribution in [1.82, 2.24) is 10.2 Å².